The molecule has 0 amide bonds. The second-order valence-corrected chi connectivity index (χ2v) is 3.29. The average molecular weight is 175 g/mol. The molecule has 2 atom stereocenters. The predicted molar refractivity (Wildman–Crippen MR) is 45.1 cm³/mol. The van der Waals surface area contributed by atoms with E-state index in [-0.39, 0.29) is 0 Å². The maximum absolute atomic E-state index is 9.35. The third kappa shape index (κ3) is 4.01. The predicted octanol–water partition coefficient (Wildman–Crippen LogP) is -0.676. The van der Waals surface area contributed by atoms with Gasteiger partial charge in [-0.1, -0.05) is 0 Å². The van der Waals surface area contributed by atoms with Crippen LogP contribution in [0.1, 0.15) is 0 Å². The maximum Gasteiger partial charge on any atom is 0.0936 e. The molecule has 0 aromatic heterocycles. The molecule has 1 fully saturated rings. The first-order valence-corrected chi connectivity index (χ1v) is 4.19. The van der Waals surface area contributed by atoms with Gasteiger partial charge in [0.1, 0.15) is 0 Å². The van der Waals surface area contributed by atoms with Crippen LogP contribution in [0.4, 0.5) is 0 Å². The Labute approximate surface area is 73.1 Å². The quantitative estimate of drug-likeness (QED) is 0.543. The number of methoxy groups -OCH3 is 1. The molecule has 1 aliphatic rings. The molecule has 1 N–H and O–H groups in total. The summed E-state index contributed by atoms with van der Waals surface area (Å²) in [6, 6.07) is 0. The van der Waals surface area contributed by atoms with Crippen molar-refractivity contribution in [3.8, 4) is 0 Å². The number of likely N-dealkylation sites (N-methyl/N-ethyl adjacent to an activating group) is 1. The lowest BCUT2D eigenvalue weighted by Gasteiger charge is -2.18. The highest BCUT2D eigenvalue weighted by molar-refractivity contribution is 4.73. The van der Waals surface area contributed by atoms with Crippen LogP contribution in [0.15, 0.2) is 0 Å². The lowest BCUT2D eigenvalue weighted by atomic mass is 10.3. The number of hydrogen-bond acceptors (Lipinski definition) is 4. The second-order valence-electron chi connectivity index (χ2n) is 3.29. The van der Waals surface area contributed by atoms with Gasteiger partial charge in [-0.25, -0.2) is 0 Å². The van der Waals surface area contributed by atoms with Crippen molar-refractivity contribution in [2.75, 3.05) is 40.5 Å². The second kappa shape index (κ2) is 4.77. The largest absolute Gasteiger partial charge is 0.389 e. The van der Waals surface area contributed by atoms with Gasteiger partial charge in [-0.3, -0.25) is 0 Å². The summed E-state index contributed by atoms with van der Waals surface area (Å²) in [4.78, 5) is 2.06. The van der Waals surface area contributed by atoms with Crippen LogP contribution >= 0.6 is 0 Å². The van der Waals surface area contributed by atoms with E-state index in [2.05, 4.69) is 4.90 Å². The zero-order chi connectivity index (χ0) is 8.97. The van der Waals surface area contributed by atoms with E-state index in [0.29, 0.717) is 19.3 Å². The van der Waals surface area contributed by atoms with Crippen molar-refractivity contribution in [3.05, 3.63) is 0 Å². The highest BCUT2D eigenvalue weighted by atomic mass is 16.6. The number of ether oxygens (including phenoxy) is 2. The molecule has 1 saturated heterocycles. The van der Waals surface area contributed by atoms with E-state index in [1.54, 1.807) is 7.11 Å². The van der Waals surface area contributed by atoms with Gasteiger partial charge in [0.05, 0.1) is 25.4 Å². The van der Waals surface area contributed by atoms with E-state index in [9.17, 15) is 5.11 Å². The van der Waals surface area contributed by atoms with Crippen LogP contribution in [-0.2, 0) is 9.47 Å². The molecule has 0 aliphatic carbocycles. The van der Waals surface area contributed by atoms with Crippen LogP contribution in [0.25, 0.3) is 0 Å². The summed E-state index contributed by atoms with van der Waals surface area (Å²) in [6.07, 6.45) is 0.00324. The Kier molecular flexibility index (Phi) is 3.94. The molecule has 12 heavy (non-hydrogen) atoms. The zero-order valence-corrected chi connectivity index (χ0v) is 7.69. The molecule has 4 heteroatoms. The summed E-state index contributed by atoms with van der Waals surface area (Å²) in [5.74, 6) is 0. The standard InChI is InChI=1S/C8H17NO3/c1-9(4-8-6-12-8)3-7(10)5-11-2/h7-8,10H,3-6H2,1-2H3. The molecule has 0 spiro atoms. The molecule has 4 nitrogen and oxygen atoms in total. The highest BCUT2D eigenvalue weighted by Gasteiger charge is 2.24. The van der Waals surface area contributed by atoms with Gasteiger partial charge in [-0.05, 0) is 7.05 Å². The Morgan fingerprint density at radius 1 is 1.75 bits per heavy atom. The minimum Gasteiger partial charge on any atom is -0.389 e. The normalized spacial score (nSPS) is 24.5. The van der Waals surface area contributed by atoms with E-state index < -0.39 is 6.10 Å². The fraction of sp³-hybridized carbons (Fsp3) is 1.00. The molecule has 1 aliphatic heterocycles. The van der Waals surface area contributed by atoms with Gasteiger partial charge in [-0.15, -0.1) is 0 Å². The molecule has 1 rings (SSSR count). The molecule has 0 radical (unpaired) electrons. The topological polar surface area (TPSA) is 45.2 Å². The lowest BCUT2D eigenvalue weighted by molar-refractivity contribution is 0.0421. The molecule has 0 saturated carbocycles. The number of hydrogen-bond donors (Lipinski definition) is 1. The Bertz CT molecular complexity index is 127. The molecule has 72 valence electrons. The van der Waals surface area contributed by atoms with Crippen LogP contribution in [-0.4, -0.2) is 62.7 Å². The zero-order valence-electron chi connectivity index (χ0n) is 7.69. The van der Waals surface area contributed by atoms with Crippen molar-refractivity contribution in [3.63, 3.8) is 0 Å². The smallest absolute Gasteiger partial charge is 0.0936 e. The first-order valence-electron chi connectivity index (χ1n) is 4.19. The SMILES string of the molecule is COCC(O)CN(C)CC1CO1. The fourth-order valence-corrected chi connectivity index (χ4v) is 1.20. The molecule has 0 aromatic carbocycles. The monoisotopic (exact) mass is 175 g/mol. The lowest BCUT2D eigenvalue weighted by Crippen LogP contribution is -2.34. The van der Waals surface area contributed by atoms with E-state index in [1.807, 2.05) is 7.05 Å². The molecule has 1 heterocycles. The van der Waals surface area contributed by atoms with E-state index in [4.69, 9.17) is 9.47 Å². The molecule has 2 unspecified atom stereocenters. The minimum absolute atomic E-state index is 0.390. The Morgan fingerprint density at radius 2 is 2.42 bits per heavy atom. The number of aliphatic hydroxyl groups excluding tert-OH is 1. The highest BCUT2D eigenvalue weighted by Crippen LogP contribution is 2.09. The van der Waals surface area contributed by atoms with Crippen molar-refractivity contribution >= 4 is 0 Å². The molecule has 0 bridgehead atoms. The third-order valence-corrected chi connectivity index (χ3v) is 1.80. The first-order chi connectivity index (χ1) is 5.72. The van der Waals surface area contributed by atoms with Gasteiger partial charge in [-0.2, -0.15) is 0 Å². The summed E-state index contributed by atoms with van der Waals surface area (Å²) < 4.78 is 9.88. The van der Waals surface area contributed by atoms with Crippen LogP contribution in [0, 0.1) is 0 Å². The summed E-state index contributed by atoms with van der Waals surface area (Å²) in [6.45, 7) is 2.81. The summed E-state index contributed by atoms with van der Waals surface area (Å²) >= 11 is 0. The van der Waals surface area contributed by atoms with Crippen molar-refractivity contribution < 1.29 is 14.6 Å². The van der Waals surface area contributed by atoms with Crippen molar-refractivity contribution in [1.29, 1.82) is 0 Å². The van der Waals surface area contributed by atoms with E-state index in [1.165, 1.54) is 0 Å². The van der Waals surface area contributed by atoms with Crippen LogP contribution in [0.3, 0.4) is 0 Å². The maximum atomic E-state index is 9.35. The van der Waals surface area contributed by atoms with Gasteiger partial charge in [0.25, 0.3) is 0 Å². The van der Waals surface area contributed by atoms with E-state index >= 15 is 0 Å². The average Bonchev–Trinajstić information content (AvgIpc) is 2.71. The Hall–Kier alpha value is -0.160. The van der Waals surface area contributed by atoms with Gasteiger partial charge in [0.15, 0.2) is 0 Å². The summed E-state index contributed by atoms with van der Waals surface area (Å²) in [5.41, 5.74) is 0. The van der Waals surface area contributed by atoms with Crippen molar-refractivity contribution in [1.82, 2.24) is 4.90 Å². The minimum atomic E-state index is -0.390. The summed E-state index contributed by atoms with van der Waals surface area (Å²) in [5, 5.41) is 9.35. The van der Waals surface area contributed by atoms with Crippen LogP contribution in [0.2, 0.25) is 0 Å². The van der Waals surface area contributed by atoms with Crippen LogP contribution in [0.5, 0.6) is 0 Å². The van der Waals surface area contributed by atoms with Gasteiger partial charge >= 0.3 is 0 Å². The molecular weight excluding hydrogens is 158 g/mol. The van der Waals surface area contributed by atoms with Crippen LogP contribution < -0.4 is 0 Å². The number of epoxide rings is 1. The Balaban J connectivity index is 2.02. The van der Waals surface area contributed by atoms with Crippen molar-refractivity contribution in [2.45, 2.75) is 12.2 Å². The molecule has 0 aromatic rings. The Morgan fingerprint density at radius 3 is 2.92 bits per heavy atom. The number of nitrogens with zero attached hydrogens (tertiary/aromatic N) is 1. The third-order valence-electron chi connectivity index (χ3n) is 1.80. The number of aliphatic hydroxyl groups is 1. The fourth-order valence-electron chi connectivity index (χ4n) is 1.20. The number of rotatable bonds is 6. The first kappa shape index (κ1) is 9.92. The van der Waals surface area contributed by atoms with Gasteiger partial charge in [0.2, 0.25) is 0 Å². The summed E-state index contributed by atoms with van der Waals surface area (Å²) in [7, 11) is 3.56. The van der Waals surface area contributed by atoms with Crippen molar-refractivity contribution in [2.24, 2.45) is 0 Å². The van der Waals surface area contributed by atoms with E-state index in [0.717, 1.165) is 13.2 Å². The molecular formula is C8H17NO3. The van der Waals surface area contributed by atoms with Gasteiger partial charge < -0.3 is 19.5 Å². The van der Waals surface area contributed by atoms with Gasteiger partial charge in [0, 0.05) is 20.2 Å².